The fraction of sp³-hybridized carbons (Fsp3) is 0.263. The lowest BCUT2D eigenvalue weighted by molar-refractivity contribution is 0.355. The SMILES string of the molecule is COc1cc2c(cc1OC)N(c1cc3cc[nH]c3cc1OC)CC2. The number of methoxy groups -OCH3 is 3. The Hall–Kier alpha value is -2.82. The van der Waals surface area contributed by atoms with Gasteiger partial charge in [-0.05, 0) is 30.2 Å². The average Bonchev–Trinajstić information content (AvgIpc) is 3.24. The van der Waals surface area contributed by atoms with Crippen molar-refractivity contribution >= 4 is 22.3 Å². The molecule has 2 heterocycles. The summed E-state index contributed by atoms with van der Waals surface area (Å²) in [7, 11) is 5.04. The van der Waals surface area contributed by atoms with Crippen molar-refractivity contribution in [2.75, 3.05) is 32.8 Å². The van der Waals surface area contributed by atoms with E-state index in [2.05, 4.69) is 28.1 Å². The van der Waals surface area contributed by atoms with Crippen molar-refractivity contribution in [3.05, 3.63) is 42.1 Å². The fourth-order valence-electron chi connectivity index (χ4n) is 3.41. The van der Waals surface area contributed by atoms with E-state index in [0.29, 0.717) is 0 Å². The molecule has 0 amide bonds. The predicted molar refractivity (Wildman–Crippen MR) is 95.1 cm³/mol. The molecule has 0 atom stereocenters. The van der Waals surface area contributed by atoms with E-state index >= 15 is 0 Å². The summed E-state index contributed by atoms with van der Waals surface area (Å²) in [4.78, 5) is 5.51. The summed E-state index contributed by atoms with van der Waals surface area (Å²) >= 11 is 0. The van der Waals surface area contributed by atoms with E-state index in [1.165, 1.54) is 10.9 Å². The molecule has 1 aliphatic rings. The molecule has 2 aromatic carbocycles. The maximum Gasteiger partial charge on any atom is 0.162 e. The Morgan fingerprint density at radius 3 is 2.38 bits per heavy atom. The van der Waals surface area contributed by atoms with Gasteiger partial charge in [0.15, 0.2) is 11.5 Å². The first-order valence-corrected chi connectivity index (χ1v) is 7.92. The second kappa shape index (κ2) is 5.67. The van der Waals surface area contributed by atoms with Crippen LogP contribution in [0.3, 0.4) is 0 Å². The highest BCUT2D eigenvalue weighted by atomic mass is 16.5. The van der Waals surface area contributed by atoms with Crippen molar-refractivity contribution in [2.24, 2.45) is 0 Å². The Bertz CT molecular complexity index is 901. The van der Waals surface area contributed by atoms with Gasteiger partial charge >= 0.3 is 0 Å². The van der Waals surface area contributed by atoms with Crippen LogP contribution in [0.5, 0.6) is 17.2 Å². The van der Waals surface area contributed by atoms with Crippen molar-refractivity contribution in [1.82, 2.24) is 4.98 Å². The number of benzene rings is 2. The van der Waals surface area contributed by atoms with Gasteiger partial charge in [-0.2, -0.15) is 0 Å². The third-order valence-electron chi connectivity index (χ3n) is 4.62. The topological polar surface area (TPSA) is 46.7 Å². The van der Waals surface area contributed by atoms with E-state index in [4.69, 9.17) is 14.2 Å². The van der Waals surface area contributed by atoms with Crippen LogP contribution in [0.15, 0.2) is 36.5 Å². The standard InChI is InChI=1S/C19H20N2O3/c1-22-17-10-14-12(4-6-20-14)8-16(17)21-7-5-13-9-18(23-2)19(24-3)11-15(13)21/h4,6,8-11,20H,5,7H2,1-3H3. The van der Waals surface area contributed by atoms with E-state index in [-0.39, 0.29) is 0 Å². The first-order valence-electron chi connectivity index (χ1n) is 7.92. The van der Waals surface area contributed by atoms with Gasteiger partial charge in [-0.25, -0.2) is 0 Å². The second-order valence-corrected chi connectivity index (χ2v) is 5.83. The molecule has 124 valence electrons. The number of H-pyrrole nitrogens is 1. The number of ether oxygens (including phenoxy) is 3. The molecular formula is C19H20N2O3. The van der Waals surface area contributed by atoms with Gasteiger partial charge in [0.1, 0.15) is 5.75 Å². The summed E-state index contributed by atoms with van der Waals surface area (Å²) in [6, 6.07) is 10.4. The highest BCUT2D eigenvalue weighted by Gasteiger charge is 2.26. The van der Waals surface area contributed by atoms with Crippen molar-refractivity contribution < 1.29 is 14.2 Å². The monoisotopic (exact) mass is 324 g/mol. The van der Waals surface area contributed by atoms with Crippen LogP contribution in [-0.4, -0.2) is 32.9 Å². The molecule has 1 aromatic heterocycles. The van der Waals surface area contributed by atoms with Gasteiger partial charge in [-0.3, -0.25) is 0 Å². The minimum absolute atomic E-state index is 0.741. The Morgan fingerprint density at radius 1 is 0.875 bits per heavy atom. The number of nitrogens with one attached hydrogen (secondary N) is 1. The fourth-order valence-corrected chi connectivity index (χ4v) is 3.41. The Morgan fingerprint density at radius 2 is 1.62 bits per heavy atom. The minimum atomic E-state index is 0.741. The molecule has 1 N–H and O–H groups in total. The molecule has 3 aromatic rings. The van der Waals surface area contributed by atoms with Crippen LogP contribution in [0.25, 0.3) is 10.9 Å². The first kappa shape index (κ1) is 14.8. The second-order valence-electron chi connectivity index (χ2n) is 5.83. The highest BCUT2D eigenvalue weighted by molar-refractivity contribution is 5.89. The van der Waals surface area contributed by atoms with Crippen molar-refractivity contribution in [3.8, 4) is 17.2 Å². The Labute approximate surface area is 140 Å². The van der Waals surface area contributed by atoms with Gasteiger partial charge < -0.3 is 24.1 Å². The number of fused-ring (bicyclic) bond motifs is 2. The van der Waals surface area contributed by atoms with Crippen LogP contribution in [0.2, 0.25) is 0 Å². The van der Waals surface area contributed by atoms with Crippen LogP contribution < -0.4 is 19.1 Å². The summed E-state index contributed by atoms with van der Waals surface area (Å²) in [6.45, 7) is 0.901. The molecule has 0 saturated carbocycles. The van der Waals surface area contributed by atoms with Crippen molar-refractivity contribution in [1.29, 1.82) is 0 Å². The maximum absolute atomic E-state index is 5.63. The maximum atomic E-state index is 5.63. The minimum Gasteiger partial charge on any atom is -0.494 e. The molecule has 0 aliphatic carbocycles. The molecule has 5 heteroatoms. The summed E-state index contributed by atoms with van der Waals surface area (Å²) < 4.78 is 16.5. The van der Waals surface area contributed by atoms with Crippen LogP contribution in [-0.2, 0) is 6.42 Å². The number of aromatic amines is 1. The first-order chi connectivity index (χ1) is 11.7. The van der Waals surface area contributed by atoms with Gasteiger partial charge in [0.25, 0.3) is 0 Å². The van der Waals surface area contributed by atoms with Crippen LogP contribution in [0.1, 0.15) is 5.56 Å². The molecule has 0 saturated heterocycles. The van der Waals surface area contributed by atoms with Gasteiger partial charge in [0, 0.05) is 41.5 Å². The van der Waals surface area contributed by atoms with Gasteiger partial charge in [0.2, 0.25) is 0 Å². The van der Waals surface area contributed by atoms with Gasteiger partial charge in [0.05, 0.1) is 27.0 Å². The third-order valence-corrected chi connectivity index (χ3v) is 4.62. The normalized spacial score (nSPS) is 13.2. The summed E-state index contributed by atoms with van der Waals surface area (Å²) in [5.74, 6) is 2.36. The van der Waals surface area contributed by atoms with E-state index in [1.807, 2.05) is 18.3 Å². The number of aromatic nitrogens is 1. The van der Waals surface area contributed by atoms with Crippen molar-refractivity contribution in [3.63, 3.8) is 0 Å². The zero-order valence-electron chi connectivity index (χ0n) is 14.1. The van der Waals surface area contributed by atoms with E-state index < -0.39 is 0 Å². The lowest BCUT2D eigenvalue weighted by Crippen LogP contribution is -2.14. The third kappa shape index (κ3) is 2.16. The smallest absolute Gasteiger partial charge is 0.162 e. The zero-order chi connectivity index (χ0) is 16.7. The lowest BCUT2D eigenvalue weighted by atomic mass is 10.1. The summed E-state index contributed by atoms with van der Waals surface area (Å²) in [5.41, 5.74) is 4.53. The Kier molecular flexibility index (Phi) is 3.49. The van der Waals surface area contributed by atoms with Crippen molar-refractivity contribution in [2.45, 2.75) is 6.42 Å². The van der Waals surface area contributed by atoms with Gasteiger partial charge in [-0.15, -0.1) is 0 Å². The molecule has 24 heavy (non-hydrogen) atoms. The quantitative estimate of drug-likeness (QED) is 0.791. The van der Waals surface area contributed by atoms with E-state index in [9.17, 15) is 0 Å². The number of nitrogens with zero attached hydrogens (tertiary/aromatic N) is 1. The molecule has 0 unspecified atom stereocenters. The zero-order valence-corrected chi connectivity index (χ0v) is 14.1. The summed E-state index contributed by atoms with van der Waals surface area (Å²) in [5, 5.41) is 1.17. The number of anilines is 2. The van der Waals surface area contributed by atoms with E-state index in [0.717, 1.165) is 47.1 Å². The molecule has 0 fully saturated rings. The average molecular weight is 324 g/mol. The number of hydrogen-bond donors (Lipinski definition) is 1. The predicted octanol–water partition coefficient (Wildman–Crippen LogP) is 3.89. The molecule has 5 nitrogen and oxygen atoms in total. The molecule has 0 bridgehead atoms. The molecule has 4 rings (SSSR count). The lowest BCUT2D eigenvalue weighted by Gasteiger charge is -2.23. The summed E-state index contributed by atoms with van der Waals surface area (Å²) in [6.07, 6.45) is 2.91. The Balaban J connectivity index is 1.85. The largest absolute Gasteiger partial charge is 0.494 e. The molecule has 0 radical (unpaired) electrons. The molecule has 0 spiro atoms. The number of rotatable bonds is 4. The van der Waals surface area contributed by atoms with Gasteiger partial charge in [-0.1, -0.05) is 0 Å². The van der Waals surface area contributed by atoms with E-state index in [1.54, 1.807) is 21.3 Å². The number of hydrogen-bond acceptors (Lipinski definition) is 4. The van der Waals surface area contributed by atoms with Crippen LogP contribution >= 0.6 is 0 Å². The molecule has 1 aliphatic heterocycles. The highest BCUT2D eigenvalue weighted by Crippen LogP contribution is 2.45. The van der Waals surface area contributed by atoms with Crippen LogP contribution in [0, 0.1) is 0 Å². The van der Waals surface area contributed by atoms with Crippen LogP contribution in [0.4, 0.5) is 11.4 Å². The molecular weight excluding hydrogens is 304 g/mol.